The number of carbonyl (C=O) groups is 4. The first-order valence-corrected chi connectivity index (χ1v) is 18.0. The number of rotatable bonds is 18. The van der Waals surface area contributed by atoms with Gasteiger partial charge in [-0.1, -0.05) is 83.0 Å². The zero-order valence-electron chi connectivity index (χ0n) is 28.1. The number of carboxylic acid groups (broad SMARTS) is 1. The fourth-order valence-electron chi connectivity index (χ4n) is 4.74. The number of nitrogens with zero attached hydrogens (tertiary/aromatic N) is 3. The van der Waals surface area contributed by atoms with Gasteiger partial charge < -0.3 is 31.2 Å². The Balaban J connectivity index is 1.74. The summed E-state index contributed by atoms with van der Waals surface area (Å²) in [6.07, 6.45) is 0.0508. The van der Waals surface area contributed by atoms with Gasteiger partial charge in [-0.05, 0) is 55.0 Å². The van der Waals surface area contributed by atoms with E-state index in [1.54, 1.807) is 31.2 Å². The van der Waals surface area contributed by atoms with Gasteiger partial charge in [-0.25, -0.2) is 18.0 Å². The minimum absolute atomic E-state index is 0.0216. The second-order valence-corrected chi connectivity index (χ2v) is 14.0. The number of hydrogen-bond acceptors (Lipinski definition) is 8. The first-order chi connectivity index (χ1) is 24.2. The molecule has 14 nitrogen and oxygen atoms in total. The second kappa shape index (κ2) is 19.6. The number of hydrogen-bond donors (Lipinski definition) is 4. The van der Waals surface area contributed by atoms with Crippen LogP contribution in [-0.2, 0) is 42.2 Å². The normalized spacial score (nSPS) is 11.6. The third-order valence-electron chi connectivity index (χ3n) is 7.53. The zero-order valence-corrected chi connectivity index (χ0v) is 30.4. The number of nitrogens with two attached hydrogens (primary N) is 1. The summed E-state index contributed by atoms with van der Waals surface area (Å²) in [5, 5.41) is 17.5. The van der Waals surface area contributed by atoms with Gasteiger partial charge >= 0.3 is 12.1 Å². The molecule has 0 saturated carbocycles. The van der Waals surface area contributed by atoms with E-state index >= 15 is 0 Å². The molecule has 0 atom stereocenters. The Morgan fingerprint density at radius 3 is 2.25 bits per heavy atom. The molecule has 5 N–H and O–H groups in total. The van der Waals surface area contributed by atoms with E-state index in [1.807, 2.05) is 30.3 Å². The van der Waals surface area contributed by atoms with Crippen molar-refractivity contribution >= 4 is 62.9 Å². The number of sulfonamides is 1. The van der Waals surface area contributed by atoms with Crippen LogP contribution < -0.4 is 16.4 Å². The van der Waals surface area contributed by atoms with E-state index in [9.17, 15) is 27.6 Å². The van der Waals surface area contributed by atoms with Crippen LogP contribution in [-0.4, -0.2) is 85.2 Å². The van der Waals surface area contributed by atoms with Gasteiger partial charge in [0.2, 0.25) is 21.8 Å². The topological polar surface area (TPSA) is 201 Å². The maximum atomic E-state index is 13.8. The van der Waals surface area contributed by atoms with Gasteiger partial charge in [-0.15, -0.1) is 0 Å². The Morgan fingerprint density at radius 2 is 1.61 bits per heavy atom. The molecule has 0 aliphatic heterocycles. The number of nitrogens with one attached hydrogen (secondary N) is 2. The van der Waals surface area contributed by atoms with Gasteiger partial charge in [0.05, 0.1) is 18.1 Å². The minimum Gasteiger partial charge on any atom is -0.465 e. The molecular weight excluding hydrogens is 723 g/mol. The lowest BCUT2D eigenvalue weighted by molar-refractivity contribution is -0.141. The average molecular weight is 764 g/mol. The standard InChI is InChI=1S/C34H40Cl2N6O8S/c1-23-28(35)14-15-29(32(23)36)51(48,49)42(19-16-25-8-4-3-5-9-25)22-30(44)39-20-31(45)41(18-7-6-17-38-34(46)47)21-26-10-12-27(13-11-26)33(37)40-50-24(2)43/h3-5,8-15,38H,6-7,16-22H2,1-2H3,(H2,37,40)(H,39,44)(H,46,47). The Hall–Kier alpha value is -4.70. The van der Waals surface area contributed by atoms with Crippen LogP contribution in [0.5, 0.6) is 0 Å². The monoisotopic (exact) mass is 762 g/mol. The molecule has 0 aliphatic rings. The van der Waals surface area contributed by atoms with Crippen LogP contribution >= 0.6 is 23.2 Å². The zero-order chi connectivity index (χ0) is 37.6. The summed E-state index contributed by atoms with van der Waals surface area (Å²) in [5.41, 5.74) is 8.27. The largest absolute Gasteiger partial charge is 0.465 e. The highest BCUT2D eigenvalue weighted by Gasteiger charge is 2.30. The lowest BCUT2D eigenvalue weighted by atomic mass is 10.1. The van der Waals surface area contributed by atoms with Crippen LogP contribution in [0.4, 0.5) is 4.79 Å². The van der Waals surface area contributed by atoms with Crippen molar-refractivity contribution in [2.24, 2.45) is 10.9 Å². The SMILES string of the molecule is CC(=O)O/N=C(/N)c1ccc(CN(CCCCNC(=O)O)C(=O)CNC(=O)CN(CCc2ccccc2)S(=O)(=O)c2ccc(Cl)c(C)c2Cl)cc1. The molecule has 0 radical (unpaired) electrons. The summed E-state index contributed by atoms with van der Waals surface area (Å²) in [6, 6.07) is 18.6. The number of amidine groups is 1. The van der Waals surface area contributed by atoms with Gasteiger partial charge in [0.15, 0.2) is 5.84 Å². The first kappa shape index (κ1) is 40.7. The molecule has 51 heavy (non-hydrogen) atoms. The molecule has 274 valence electrons. The van der Waals surface area contributed by atoms with Gasteiger partial charge in [0.25, 0.3) is 0 Å². The van der Waals surface area contributed by atoms with Crippen molar-refractivity contribution in [3.05, 3.63) is 99.0 Å². The molecule has 0 spiro atoms. The molecule has 0 aromatic heterocycles. The van der Waals surface area contributed by atoms with Crippen molar-refractivity contribution < 1.29 is 37.5 Å². The van der Waals surface area contributed by atoms with Crippen molar-refractivity contribution in [1.82, 2.24) is 19.8 Å². The summed E-state index contributed by atoms with van der Waals surface area (Å²) < 4.78 is 28.7. The minimum atomic E-state index is -4.28. The molecule has 3 aromatic rings. The molecule has 3 aromatic carbocycles. The molecule has 0 aliphatic carbocycles. The van der Waals surface area contributed by atoms with E-state index in [2.05, 4.69) is 20.6 Å². The van der Waals surface area contributed by atoms with Crippen LogP contribution in [0.3, 0.4) is 0 Å². The highest BCUT2D eigenvalue weighted by molar-refractivity contribution is 7.89. The molecule has 0 heterocycles. The number of oxime groups is 1. The molecular formula is C34H40Cl2N6O8S. The van der Waals surface area contributed by atoms with Crippen molar-refractivity contribution in [3.8, 4) is 0 Å². The third-order valence-corrected chi connectivity index (χ3v) is 10.4. The molecule has 0 fully saturated rings. The summed E-state index contributed by atoms with van der Waals surface area (Å²) >= 11 is 12.6. The quantitative estimate of drug-likeness (QED) is 0.0488. The van der Waals surface area contributed by atoms with Gasteiger partial charge in [-0.3, -0.25) is 9.59 Å². The molecule has 17 heteroatoms. The number of benzene rings is 3. The smallest absolute Gasteiger partial charge is 0.404 e. The van der Waals surface area contributed by atoms with Crippen LogP contribution in [0.2, 0.25) is 10.0 Å². The van der Waals surface area contributed by atoms with E-state index in [4.69, 9.17) is 34.0 Å². The maximum Gasteiger partial charge on any atom is 0.404 e. The Morgan fingerprint density at radius 1 is 0.922 bits per heavy atom. The maximum absolute atomic E-state index is 13.8. The fraction of sp³-hybridized carbons (Fsp3) is 0.324. The number of unbranched alkanes of at least 4 members (excludes halogenated alkanes) is 1. The highest BCUT2D eigenvalue weighted by Crippen LogP contribution is 2.32. The van der Waals surface area contributed by atoms with Crippen molar-refractivity contribution in [3.63, 3.8) is 0 Å². The number of halogens is 2. The predicted molar refractivity (Wildman–Crippen MR) is 193 cm³/mol. The van der Waals surface area contributed by atoms with Crippen LogP contribution in [0.15, 0.2) is 76.8 Å². The van der Waals surface area contributed by atoms with Crippen LogP contribution in [0.25, 0.3) is 0 Å². The molecule has 3 rings (SSSR count). The third kappa shape index (κ3) is 12.8. The van der Waals surface area contributed by atoms with E-state index in [0.29, 0.717) is 41.0 Å². The first-order valence-electron chi connectivity index (χ1n) is 15.8. The Bertz CT molecular complexity index is 1830. The fourth-order valence-corrected chi connectivity index (χ4v) is 6.92. The molecule has 0 saturated heterocycles. The predicted octanol–water partition coefficient (Wildman–Crippen LogP) is 3.91. The number of amides is 3. The van der Waals surface area contributed by atoms with E-state index in [1.165, 1.54) is 24.0 Å². The lowest BCUT2D eigenvalue weighted by Crippen LogP contribution is -2.45. The van der Waals surface area contributed by atoms with Crippen molar-refractivity contribution in [2.75, 3.05) is 32.7 Å². The summed E-state index contributed by atoms with van der Waals surface area (Å²) in [4.78, 5) is 54.4. The van der Waals surface area contributed by atoms with Gasteiger partial charge in [0, 0.05) is 43.7 Å². The van der Waals surface area contributed by atoms with E-state index in [0.717, 1.165) is 9.87 Å². The Labute approximate surface area is 306 Å². The van der Waals surface area contributed by atoms with Gasteiger partial charge in [0.1, 0.15) is 4.90 Å². The summed E-state index contributed by atoms with van der Waals surface area (Å²) in [7, 11) is -4.28. The lowest BCUT2D eigenvalue weighted by Gasteiger charge is -2.25. The van der Waals surface area contributed by atoms with Crippen molar-refractivity contribution in [2.45, 2.75) is 44.6 Å². The molecule has 3 amide bonds. The molecule has 0 bridgehead atoms. The Kier molecular flexibility index (Phi) is 15.7. The van der Waals surface area contributed by atoms with Crippen LogP contribution in [0.1, 0.15) is 42.0 Å². The van der Waals surface area contributed by atoms with E-state index in [-0.39, 0.29) is 41.9 Å². The molecule has 0 unspecified atom stereocenters. The highest BCUT2D eigenvalue weighted by atomic mass is 35.5. The van der Waals surface area contributed by atoms with Crippen molar-refractivity contribution in [1.29, 1.82) is 0 Å². The second-order valence-electron chi connectivity index (χ2n) is 11.3. The number of carbonyl (C=O) groups excluding carboxylic acids is 3. The van der Waals surface area contributed by atoms with E-state index < -0.39 is 47.0 Å². The van der Waals surface area contributed by atoms with Gasteiger partial charge in [-0.2, -0.15) is 4.31 Å². The van der Waals surface area contributed by atoms with Crippen LogP contribution in [0, 0.1) is 6.92 Å². The average Bonchev–Trinajstić information content (AvgIpc) is 3.10. The summed E-state index contributed by atoms with van der Waals surface area (Å²) in [5.74, 6) is -1.81. The summed E-state index contributed by atoms with van der Waals surface area (Å²) in [6.45, 7) is 2.28.